The Labute approximate surface area is 180 Å². The smallest absolute Gasteiger partial charge is 0.345 e. The molecule has 0 radical (unpaired) electrons. The van der Waals surface area contributed by atoms with Gasteiger partial charge in [-0.05, 0) is 37.8 Å². The predicted molar refractivity (Wildman–Crippen MR) is 116 cm³/mol. The van der Waals surface area contributed by atoms with Crippen molar-refractivity contribution >= 4 is 11.6 Å². The van der Waals surface area contributed by atoms with Crippen LogP contribution in [0, 0.1) is 11.6 Å². The van der Waals surface area contributed by atoms with Gasteiger partial charge >= 0.3 is 5.69 Å². The summed E-state index contributed by atoms with van der Waals surface area (Å²) in [4.78, 5) is 18.5. The number of guanidine groups is 1. The van der Waals surface area contributed by atoms with Crippen LogP contribution in [-0.2, 0) is 19.5 Å². The topological polar surface area (TPSA) is 79.5 Å². The number of hydrogen-bond donors (Lipinski definition) is 2. The lowest BCUT2D eigenvalue weighted by atomic mass is 10.2. The fourth-order valence-electron chi connectivity index (χ4n) is 4.25. The van der Waals surface area contributed by atoms with E-state index in [4.69, 9.17) is 0 Å². The highest BCUT2D eigenvalue weighted by molar-refractivity contribution is 5.80. The number of aliphatic imine (C=N–C) groups is 1. The van der Waals surface area contributed by atoms with E-state index in [1.807, 2.05) is 4.90 Å². The van der Waals surface area contributed by atoms with E-state index in [0.717, 1.165) is 50.5 Å². The Morgan fingerprint density at radius 1 is 1.29 bits per heavy atom. The average Bonchev–Trinajstić information content (AvgIpc) is 3.35. The Kier molecular flexibility index (Phi) is 6.53. The van der Waals surface area contributed by atoms with Crippen molar-refractivity contribution in [3.63, 3.8) is 0 Å². The lowest BCUT2D eigenvalue weighted by Gasteiger charge is -2.21. The predicted octanol–water partition coefficient (Wildman–Crippen LogP) is 1.49. The first kappa shape index (κ1) is 21.3. The molecule has 168 valence electrons. The molecule has 2 aliphatic heterocycles. The van der Waals surface area contributed by atoms with Gasteiger partial charge in [-0.25, -0.2) is 18.3 Å². The third-order valence-electron chi connectivity index (χ3n) is 5.87. The molecule has 1 aromatic carbocycles. The highest BCUT2D eigenvalue weighted by Gasteiger charge is 2.25. The molecule has 2 aromatic rings. The van der Waals surface area contributed by atoms with Crippen molar-refractivity contribution < 1.29 is 8.78 Å². The van der Waals surface area contributed by atoms with E-state index in [9.17, 15) is 13.6 Å². The Morgan fingerprint density at radius 2 is 2.16 bits per heavy atom. The summed E-state index contributed by atoms with van der Waals surface area (Å²) in [7, 11) is 1.70. The second-order valence-corrected chi connectivity index (χ2v) is 8.05. The van der Waals surface area contributed by atoms with Crippen molar-refractivity contribution in [2.24, 2.45) is 4.99 Å². The van der Waals surface area contributed by atoms with Crippen LogP contribution < -0.4 is 21.2 Å². The molecule has 2 aliphatic rings. The van der Waals surface area contributed by atoms with Gasteiger partial charge in [0.2, 0.25) is 0 Å². The van der Waals surface area contributed by atoms with Crippen molar-refractivity contribution in [1.82, 2.24) is 25.0 Å². The molecule has 1 saturated heterocycles. The molecule has 8 nitrogen and oxygen atoms in total. The molecular formula is C21H29F2N7O. The van der Waals surface area contributed by atoms with E-state index in [0.29, 0.717) is 37.8 Å². The number of rotatable bonds is 6. The Balaban J connectivity index is 1.23. The van der Waals surface area contributed by atoms with Crippen LogP contribution in [0.2, 0.25) is 0 Å². The van der Waals surface area contributed by atoms with Crippen LogP contribution in [0.5, 0.6) is 0 Å². The van der Waals surface area contributed by atoms with Gasteiger partial charge in [0.15, 0.2) is 5.96 Å². The van der Waals surface area contributed by atoms with Crippen molar-refractivity contribution in [3.8, 4) is 0 Å². The van der Waals surface area contributed by atoms with E-state index in [1.165, 1.54) is 12.1 Å². The van der Waals surface area contributed by atoms with Gasteiger partial charge in [-0.1, -0.05) is 0 Å². The first-order chi connectivity index (χ1) is 15.0. The van der Waals surface area contributed by atoms with Crippen LogP contribution in [0.1, 0.15) is 31.5 Å². The van der Waals surface area contributed by atoms with Gasteiger partial charge in [0.05, 0.1) is 5.69 Å². The molecule has 0 aliphatic carbocycles. The van der Waals surface area contributed by atoms with E-state index >= 15 is 0 Å². The number of aromatic nitrogens is 3. The fraction of sp³-hybridized carbons (Fsp3) is 0.571. The molecule has 3 heterocycles. The summed E-state index contributed by atoms with van der Waals surface area (Å²) in [6.07, 6.45) is 4.57. The molecule has 31 heavy (non-hydrogen) atoms. The maximum absolute atomic E-state index is 14.0. The van der Waals surface area contributed by atoms with E-state index in [2.05, 4.69) is 20.7 Å². The van der Waals surface area contributed by atoms with Gasteiger partial charge in [0, 0.05) is 58.3 Å². The highest BCUT2D eigenvalue weighted by Crippen LogP contribution is 2.24. The quantitative estimate of drug-likeness (QED) is 0.410. The van der Waals surface area contributed by atoms with Crippen molar-refractivity contribution in [2.75, 3.05) is 31.6 Å². The van der Waals surface area contributed by atoms with Gasteiger partial charge in [-0.3, -0.25) is 9.56 Å². The van der Waals surface area contributed by atoms with Gasteiger partial charge < -0.3 is 15.5 Å². The SMILES string of the molecule is CN=C(NCCCn1nc2n(c1=O)CCCC2)NC1CCN(c2ccc(F)cc2F)C1. The largest absolute Gasteiger partial charge is 0.367 e. The van der Waals surface area contributed by atoms with Crippen LogP contribution in [0.3, 0.4) is 0 Å². The van der Waals surface area contributed by atoms with Crippen molar-refractivity contribution in [1.29, 1.82) is 0 Å². The first-order valence-corrected chi connectivity index (χ1v) is 10.9. The summed E-state index contributed by atoms with van der Waals surface area (Å²) in [6.45, 7) is 3.27. The summed E-state index contributed by atoms with van der Waals surface area (Å²) in [5.41, 5.74) is 0.401. The van der Waals surface area contributed by atoms with E-state index in [1.54, 1.807) is 16.3 Å². The average molecular weight is 434 g/mol. The van der Waals surface area contributed by atoms with Crippen molar-refractivity contribution in [3.05, 3.63) is 46.1 Å². The van der Waals surface area contributed by atoms with Crippen LogP contribution >= 0.6 is 0 Å². The Morgan fingerprint density at radius 3 is 2.94 bits per heavy atom. The number of nitrogens with one attached hydrogen (secondary N) is 2. The Hall–Kier alpha value is -2.91. The second-order valence-electron chi connectivity index (χ2n) is 8.05. The number of benzene rings is 1. The third-order valence-corrected chi connectivity index (χ3v) is 5.87. The zero-order valence-corrected chi connectivity index (χ0v) is 17.8. The van der Waals surface area contributed by atoms with E-state index in [-0.39, 0.29) is 11.7 Å². The molecular weight excluding hydrogens is 404 g/mol. The van der Waals surface area contributed by atoms with Crippen molar-refractivity contribution in [2.45, 2.75) is 51.2 Å². The zero-order valence-electron chi connectivity index (χ0n) is 17.8. The minimum Gasteiger partial charge on any atom is -0.367 e. The lowest BCUT2D eigenvalue weighted by Crippen LogP contribution is -2.45. The number of hydrogen-bond acceptors (Lipinski definition) is 4. The number of anilines is 1. The summed E-state index contributed by atoms with van der Waals surface area (Å²) in [5.74, 6) is 0.449. The molecule has 10 heteroatoms. The fourth-order valence-corrected chi connectivity index (χ4v) is 4.25. The lowest BCUT2D eigenvalue weighted by molar-refractivity contribution is 0.509. The maximum atomic E-state index is 14.0. The van der Waals surface area contributed by atoms with Crippen LogP contribution in [-0.4, -0.2) is 53.0 Å². The van der Waals surface area contributed by atoms with Crippen LogP contribution in [0.25, 0.3) is 0 Å². The summed E-state index contributed by atoms with van der Waals surface area (Å²) < 4.78 is 30.5. The number of halogens is 2. The van der Waals surface area contributed by atoms with Crippen LogP contribution in [0.15, 0.2) is 28.0 Å². The van der Waals surface area contributed by atoms with E-state index < -0.39 is 11.6 Å². The highest BCUT2D eigenvalue weighted by atomic mass is 19.1. The molecule has 0 bridgehead atoms. The molecule has 0 spiro atoms. The maximum Gasteiger partial charge on any atom is 0.345 e. The summed E-state index contributed by atoms with van der Waals surface area (Å²) in [6, 6.07) is 3.79. The molecule has 1 aromatic heterocycles. The van der Waals surface area contributed by atoms with Gasteiger partial charge in [0.25, 0.3) is 0 Å². The minimum atomic E-state index is -0.572. The standard InChI is InChI=1S/C21H29F2N7O/c1-24-20(25-9-4-11-30-21(31)29-10-3-2-5-19(29)27-30)26-16-8-12-28(14-16)18-7-6-15(22)13-17(18)23/h6-7,13,16H,2-5,8-12,14H2,1H3,(H2,24,25,26). The third kappa shape index (κ3) is 4.88. The normalized spacial score (nSPS) is 18.9. The first-order valence-electron chi connectivity index (χ1n) is 10.9. The number of nitrogens with zero attached hydrogens (tertiary/aromatic N) is 5. The van der Waals surface area contributed by atoms with Gasteiger partial charge in [0.1, 0.15) is 17.5 Å². The molecule has 1 atom stereocenters. The van der Waals surface area contributed by atoms with Gasteiger partial charge in [-0.2, -0.15) is 5.10 Å². The number of fused-ring (bicyclic) bond motifs is 1. The van der Waals surface area contributed by atoms with Gasteiger partial charge in [-0.15, -0.1) is 0 Å². The zero-order chi connectivity index (χ0) is 21.8. The molecule has 2 N–H and O–H groups in total. The molecule has 0 amide bonds. The molecule has 1 fully saturated rings. The molecule has 1 unspecified atom stereocenters. The van der Waals surface area contributed by atoms with Crippen LogP contribution in [0.4, 0.5) is 14.5 Å². The molecule has 4 rings (SSSR count). The monoisotopic (exact) mass is 433 g/mol. The number of aryl methyl sites for hydroxylation is 2. The Bertz CT molecular complexity index is 1000. The second kappa shape index (κ2) is 9.49. The molecule has 0 saturated carbocycles. The summed E-state index contributed by atoms with van der Waals surface area (Å²) in [5, 5.41) is 11.1. The summed E-state index contributed by atoms with van der Waals surface area (Å²) >= 11 is 0. The minimum absolute atomic E-state index is 0.0173.